The fourth-order valence-corrected chi connectivity index (χ4v) is 3.18. The van der Waals surface area contributed by atoms with Crippen molar-refractivity contribution >= 4 is 33.9 Å². The molecule has 0 aliphatic heterocycles. The van der Waals surface area contributed by atoms with Crippen LogP contribution < -0.4 is 16.0 Å². The van der Waals surface area contributed by atoms with Crippen LogP contribution in [-0.2, 0) is 11.2 Å². The summed E-state index contributed by atoms with van der Waals surface area (Å²) in [4.78, 5) is 24.9. The molecule has 0 saturated carbocycles. The summed E-state index contributed by atoms with van der Waals surface area (Å²) < 4.78 is 0. The van der Waals surface area contributed by atoms with E-state index >= 15 is 0 Å². The van der Waals surface area contributed by atoms with Crippen LogP contribution in [0, 0.1) is 0 Å². The minimum absolute atomic E-state index is 0.227. The summed E-state index contributed by atoms with van der Waals surface area (Å²) in [6.45, 7) is 6.35. The second-order valence-corrected chi connectivity index (χ2v) is 7.44. The van der Waals surface area contributed by atoms with E-state index in [0.717, 1.165) is 25.1 Å². The number of aryl methyl sites for hydroxylation is 1. The van der Waals surface area contributed by atoms with E-state index in [9.17, 15) is 4.79 Å². The van der Waals surface area contributed by atoms with Gasteiger partial charge < -0.3 is 20.9 Å². The number of anilines is 1. The smallest absolute Gasteiger partial charge is 0.276 e. The van der Waals surface area contributed by atoms with Gasteiger partial charge in [0, 0.05) is 25.8 Å². The average molecular weight is 419 g/mol. The zero-order valence-electron chi connectivity index (χ0n) is 18.2. The van der Waals surface area contributed by atoms with Gasteiger partial charge in [-0.1, -0.05) is 36.9 Å². The standard InChI is InChI=1S/C21H34N6OS/c1-6-17-11-8-9-12-18(17)27(7-2)19(22)15-25-21(29-16-23-3)20(28)24-13-10-14-26(4)5/h8-9,11-12,15-16H,6-7,10,13-14,22H2,1-5H3,(H,24,28)/b19-15-,23-16+,25-21-. The molecule has 0 atom stereocenters. The van der Waals surface area contributed by atoms with E-state index in [2.05, 4.69) is 33.2 Å². The van der Waals surface area contributed by atoms with Crippen molar-refractivity contribution in [3.63, 3.8) is 0 Å². The largest absolute Gasteiger partial charge is 0.384 e. The van der Waals surface area contributed by atoms with Crippen LogP contribution in [0.25, 0.3) is 0 Å². The molecule has 0 saturated heterocycles. The molecule has 29 heavy (non-hydrogen) atoms. The van der Waals surface area contributed by atoms with Crippen LogP contribution in [0.15, 0.2) is 46.3 Å². The topological polar surface area (TPSA) is 86.3 Å². The number of hydrogen-bond acceptors (Lipinski definition) is 7. The van der Waals surface area contributed by atoms with Crippen molar-refractivity contribution in [1.82, 2.24) is 10.2 Å². The number of thioether (sulfide) groups is 1. The van der Waals surface area contributed by atoms with Crippen molar-refractivity contribution < 1.29 is 4.79 Å². The van der Waals surface area contributed by atoms with Crippen molar-refractivity contribution in [1.29, 1.82) is 0 Å². The van der Waals surface area contributed by atoms with Crippen molar-refractivity contribution in [2.24, 2.45) is 15.7 Å². The molecule has 0 aliphatic rings. The monoisotopic (exact) mass is 418 g/mol. The molecule has 0 heterocycles. The Balaban J connectivity index is 2.98. The molecule has 0 bridgehead atoms. The highest BCUT2D eigenvalue weighted by molar-refractivity contribution is 8.26. The lowest BCUT2D eigenvalue weighted by Gasteiger charge is -2.25. The van der Waals surface area contributed by atoms with Crippen LogP contribution in [-0.4, -0.2) is 62.2 Å². The molecule has 0 unspecified atom stereocenters. The number of nitrogens with two attached hydrogens (primary N) is 1. The van der Waals surface area contributed by atoms with Crippen LogP contribution in [0.5, 0.6) is 0 Å². The van der Waals surface area contributed by atoms with Gasteiger partial charge in [0.25, 0.3) is 5.91 Å². The first-order valence-corrected chi connectivity index (χ1v) is 10.7. The maximum Gasteiger partial charge on any atom is 0.276 e. The van der Waals surface area contributed by atoms with E-state index in [1.54, 1.807) is 18.8 Å². The highest BCUT2D eigenvalue weighted by Gasteiger charge is 2.13. The summed E-state index contributed by atoms with van der Waals surface area (Å²) in [5.74, 6) is 0.259. The highest BCUT2D eigenvalue weighted by atomic mass is 32.2. The number of aliphatic imine (C=N–C) groups is 2. The molecule has 160 valence electrons. The van der Waals surface area contributed by atoms with Crippen LogP contribution in [0.2, 0.25) is 0 Å². The van der Waals surface area contributed by atoms with E-state index < -0.39 is 0 Å². The molecule has 1 amide bonds. The SMILES string of the molecule is CCc1ccccc1N(CC)/C(N)=C\N=C(/S/C=N/C)C(=O)NCCCN(C)C. The van der Waals surface area contributed by atoms with Crippen molar-refractivity contribution in [3.05, 3.63) is 41.8 Å². The minimum Gasteiger partial charge on any atom is -0.384 e. The molecule has 0 aromatic heterocycles. The molecule has 1 aromatic rings. The van der Waals surface area contributed by atoms with Crippen LogP contribution in [0.1, 0.15) is 25.8 Å². The third-order valence-corrected chi connectivity index (χ3v) is 4.97. The van der Waals surface area contributed by atoms with Crippen molar-refractivity contribution in [3.8, 4) is 0 Å². The molecular weight excluding hydrogens is 384 g/mol. The Bertz CT molecular complexity index is 730. The van der Waals surface area contributed by atoms with Crippen LogP contribution in [0.3, 0.4) is 0 Å². The second-order valence-electron chi connectivity index (χ2n) is 6.61. The first-order chi connectivity index (χ1) is 13.9. The molecule has 3 N–H and O–H groups in total. The van der Waals surface area contributed by atoms with E-state index in [4.69, 9.17) is 5.73 Å². The van der Waals surface area contributed by atoms with Gasteiger partial charge >= 0.3 is 0 Å². The Hall–Kier alpha value is -2.32. The second kappa shape index (κ2) is 13.8. The number of amides is 1. The first-order valence-electron chi connectivity index (χ1n) is 9.83. The summed E-state index contributed by atoms with van der Waals surface area (Å²) >= 11 is 1.18. The Kier molecular flexibility index (Phi) is 11.8. The van der Waals surface area contributed by atoms with Gasteiger partial charge in [0.15, 0.2) is 5.04 Å². The number of nitrogens with one attached hydrogen (secondary N) is 1. The molecule has 8 heteroatoms. The molecule has 0 fully saturated rings. The van der Waals surface area contributed by atoms with Gasteiger partial charge in [-0.2, -0.15) is 0 Å². The van der Waals surface area contributed by atoms with Crippen molar-refractivity contribution in [2.75, 3.05) is 45.7 Å². The number of rotatable bonds is 10. The summed E-state index contributed by atoms with van der Waals surface area (Å²) in [5, 5.41) is 3.21. The van der Waals surface area contributed by atoms with Gasteiger partial charge in [-0.15, -0.1) is 0 Å². The van der Waals surface area contributed by atoms with Crippen LogP contribution >= 0.6 is 11.8 Å². The summed E-state index contributed by atoms with van der Waals surface area (Å²) in [6.07, 6.45) is 3.32. The number of benzene rings is 1. The Morgan fingerprint density at radius 2 is 2.00 bits per heavy atom. The van der Waals surface area contributed by atoms with E-state index in [1.165, 1.54) is 17.3 Å². The Morgan fingerprint density at radius 1 is 1.28 bits per heavy atom. The molecule has 0 spiro atoms. The van der Waals surface area contributed by atoms with Gasteiger partial charge in [0.2, 0.25) is 0 Å². The molecular formula is C21H34N6OS. The number of nitrogens with zero attached hydrogens (tertiary/aromatic N) is 4. The molecule has 0 aliphatic carbocycles. The van der Waals surface area contributed by atoms with Crippen molar-refractivity contribution in [2.45, 2.75) is 26.7 Å². The third-order valence-electron chi connectivity index (χ3n) is 4.14. The average Bonchev–Trinajstić information content (AvgIpc) is 2.71. The molecule has 0 radical (unpaired) electrons. The zero-order valence-corrected chi connectivity index (χ0v) is 19.0. The minimum atomic E-state index is -0.227. The maximum absolute atomic E-state index is 12.5. The summed E-state index contributed by atoms with van der Waals surface area (Å²) in [6, 6.07) is 8.15. The summed E-state index contributed by atoms with van der Waals surface area (Å²) in [7, 11) is 5.67. The van der Waals surface area contributed by atoms with E-state index in [1.807, 2.05) is 44.1 Å². The maximum atomic E-state index is 12.5. The van der Waals surface area contributed by atoms with Gasteiger partial charge in [0.05, 0.1) is 11.7 Å². The Morgan fingerprint density at radius 3 is 2.62 bits per heavy atom. The van der Waals surface area contributed by atoms with Crippen LogP contribution in [0.4, 0.5) is 5.69 Å². The third kappa shape index (κ3) is 8.70. The quantitative estimate of drug-likeness (QED) is 0.347. The molecule has 1 aromatic carbocycles. The molecule has 1 rings (SSSR count). The van der Waals surface area contributed by atoms with Gasteiger partial charge in [-0.25, -0.2) is 4.99 Å². The normalized spacial score (nSPS) is 12.6. The summed E-state index contributed by atoms with van der Waals surface area (Å²) in [5.41, 5.74) is 10.2. The van der Waals surface area contributed by atoms with Gasteiger partial charge in [-0.3, -0.25) is 9.79 Å². The molecule has 7 nitrogen and oxygen atoms in total. The fraction of sp³-hybridized carbons (Fsp3) is 0.476. The van der Waals surface area contributed by atoms with E-state index in [0.29, 0.717) is 24.0 Å². The number of carbonyl (C=O) groups is 1. The fourth-order valence-electron chi connectivity index (χ4n) is 2.68. The Labute approximate surface area is 179 Å². The lowest BCUT2D eigenvalue weighted by atomic mass is 10.1. The predicted octanol–water partition coefficient (Wildman–Crippen LogP) is 2.69. The number of hydrogen-bond donors (Lipinski definition) is 2. The lowest BCUT2D eigenvalue weighted by Crippen LogP contribution is -2.32. The first kappa shape index (κ1) is 24.7. The lowest BCUT2D eigenvalue weighted by molar-refractivity contribution is -0.114. The predicted molar refractivity (Wildman–Crippen MR) is 127 cm³/mol. The van der Waals surface area contributed by atoms with Gasteiger partial charge in [-0.05, 0) is 52.0 Å². The van der Waals surface area contributed by atoms with E-state index in [-0.39, 0.29) is 5.91 Å². The number of para-hydroxylation sites is 1. The zero-order chi connectivity index (χ0) is 21.6. The highest BCUT2D eigenvalue weighted by Crippen LogP contribution is 2.23. The number of carbonyl (C=O) groups excluding carboxylic acids is 1. The van der Waals surface area contributed by atoms with Gasteiger partial charge in [0.1, 0.15) is 5.82 Å².